The van der Waals surface area contributed by atoms with Crippen LogP contribution in [-0.4, -0.2) is 62.8 Å². The number of nitrogens with two attached hydrogens (primary N) is 1. The van der Waals surface area contributed by atoms with Gasteiger partial charge in [0.2, 0.25) is 0 Å². The maximum absolute atomic E-state index is 12.8. The Hall–Kier alpha value is -3.58. The molecular weight excluding hydrogens is 458 g/mol. The van der Waals surface area contributed by atoms with E-state index in [1.165, 1.54) is 30.0 Å². The van der Waals surface area contributed by atoms with Gasteiger partial charge < -0.3 is 25.4 Å². The molecule has 4 rings (SSSR count). The van der Waals surface area contributed by atoms with Crippen LogP contribution in [0.3, 0.4) is 0 Å². The molecule has 0 aliphatic carbocycles. The summed E-state index contributed by atoms with van der Waals surface area (Å²) in [5, 5.41) is 17.2. The summed E-state index contributed by atoms with van der Waals surface area (Å²) in [6, 6.07) is 2.52. The molecule has 0 aromatic carbocycles. The van der Waals surface area contributed by atoms with Crippen molar-refractivity contribution in [2.75, 3.05) is 18.6 Å². The minimum absolute atomic E-state index is 0.120. The van der Waals surface area contributed by atoms with Gasteiger partial charge in [-0.1, -0.05) is 11.2 Å². The van der Waals surface area contributed by atoms with Crippen LogP contribution in [0.5, 0.6) is 0 Å². The van der Waals surface area contributed by atoms with E-state index in [2.05, 4.69) is 15.5 Å². The number of carboxylic acid groups (broad SMARTS) is 1. The Morgan fingerprint density at radius 1 is 1.47 bits per heavy atom. The molecule has 1 unspecified atom stereocenters. The largest absolute Gasteiger partial charge is 0.477 e. The number of carbonyl (C=O) groups excluding carboxylic acids is 2. The number of amides is 2. The molecule has 13 heteroatoms. The van der Waals surface area contributed by atoms with Crippen LogP contribution >= 0.6 is 23.1 Å². The first-order chi connectivity index (χ1) is 15.4. The number of nitrogen functional groups attached to an aromatic ring is 1. The molecular formula is C19H17N5O6S2. The summed E-state index contributed by atoms with van der Waals surface area (Å²) < 4.78 is 5.22. The average Bonchev–Trinajstić information content (AvgIpc) is 3.45. The Kier molecular flexibility index (Phi) is 6.01. The van der Waals surface area contributed by atoms with Crippen LogP contribution in [-0.2, 0) is 19.2 Å². The molecule has 11 nitrogen and oxygen atoms in total. The van der Waals surface area contributed by atoms with Crippen LogP contribution in [0.25, 0.3) is 6.08 Å². The zero-order valence-corrected chi connectivity index (χ0v) is 18.2. The lowest BCUT2D eigenvalue weighted by Crippen LogP contribution is -2.71. The summed E-state index contributed by atoms with van der Waals surface area (Å²) in [6.45, 7) is 0. The molecule has 4 heterocycles. The lowest BCUT2D eigenvalue weighted by atomic mass is 10.0. The van der Waals surface area contributed by atoms with Crippen molar-refractivity contribution in [1.82, 2.24) is 15.2 Å². The van der Waals surface area contributed by atoms with E-state index in [0.29, 0.717) is 17.1 Å². The molecule has 0 radical (unpaired) electrons. The highest BCUT2D eigenvalue weighted by Gasteiger charge is 2.54. The van der Waals surface area contributed by atoms with E-state index in [-0.39, 0.29) is 22.2 Å². The summed E-state index contributed by atoms with van der Waals surface area (Å²) >= 11 is 2.47. The van der Waals surface area contributed by atoms with Gasteiger partial charge in [0, 0.05) is 11.1 Å². The fraction of sp³-hybridized carbons (Fsp3) is 0.211. The molecule has 166 valence electrons. The van der Waals surface area contributed by atoms with Crippen molar-refractivity contribution in [2.45, 2.75) is 11.4 Å². The number of hydrogen-bond acceptors (Lipinski definition) is 10. The number of anilines is 1. The smallest absolute Gasteiger partial charge is 0.352 e. The van der Waals surface area contributed by atoms with Crippen molar-refractivity contribution >= 4 is 57.8 Å². The number of aromatic nitrogens is 1. The van der Waals surface area contributed by atoms with Crippen molar-refractivity contribution in [3.05, 3.63) is 52.6 Å². The van der Waals surface area contributed by atoms with Crippen LogP contribution in [0.15, 0.2) is 50.7 Å². The van der Waals surface area contributed by atoms with E-state index >= 15 is 0 Å². The quantitative estimate of drug-likeness (QED) is 0.303. The average molecular weight is 476 g/mol. The van der Waals surface area contributed by atoms with E-state index in [1.54, 1.807) is 29.7 Å². The van der Waals surface area contributed by atoms with Crippen molar-refractivity contribution in [2.24, 2.45) is 5.16 Å². The van der Waals surface area contributed by atoms with Gasteiger partial charge in [-0.2, -0.15) is 0 Å². The lowest BCUT2D eigenvalue weighted by molar-refractivity contribution is -0.150. The predicted molar refractivity (Wildman–Crippen MR) is 117 cm³/mol. The van der Waals surface area contributed by atoms with E-state index < -0.39 is 29.2 Å². The molecule has 32 heavy (non-hydrogen) atoms. The van der Waals surface area contributed by atoms with Gasteiger partial charge in [0.15, 0.2) is 10.8 Å². The number of aliphatic carboxylic acids is 1. The summed E-state index contributed by atoms with van der Waals surface area (Å²) in [5.41, 5.74) is 6.04. The third-order valence-corrected chi connectivity index (χ3v) is 6.62. The van der Waals surface area contributed by atoms with Crippen molar-refractivity contribution < 1.29 is 28.7 Å². The van der Waals surface area contributed by atoms with Gasteiger partial charge >= 0.3 is 5.97 Å². The number of nitrogens with zero attached hydrogens (tertiary/aromatic N) is 3. The second-order valence-electron chi connectivity index (χ2n) is 6.58. The van der Waals surface area contributed by atoms with Gasteiger partial charge in [0.1, 0.15) is 35.7 Å². The van der Waals surface area contributed by atoms with E-state index in [9.17, 15) is 19.5 Å². The monoisotopic (exact) mass is 475 g/mol. The molecule has 2 atom stereocenters. The number of rotatable bonds is 7. The third-order valence-electron chi connectivity index (χ3n) is 4.64. The minimum atomic E-state index is -1.23. The highest BCUT2D eigenvalue weighted by Crippen LogP contribution is 2.40. The Bertz CT molecular complexity index is 1150. The van der Waals surface area contributed by atoms with Crippen molar-refractivity contribution in [3.63, 3.8) is 0 Å². The fourth-order valence-electron chi connectivity index (χ4n) is 3.24. The first-order valence-electron chi connectivity index (χ1n) is 9.16. The van der Waals surface area contributed by atoms with Crippen LogP contribution in [0.1, 0.15) is 11.5 Å². The molecule has 4 N–H and O–H groups in total. The number of oxime groups is 1. The Labute approximate surface area is 189 Å². The molecule has 2 aromatic rings. The van der Waals surface area contributed by atoms with Crippen LogP contribution in [0, 0.1) is 0 Å². The summed E-state index contributed by atoms with van der Waals surface area (Å²) in [7, 11) is 1.28. The van der Waals surface area contributed by atoms with Gasteiger partial charge in [-0.05, 0) is 23.8 Å². The zero-order chi connectivity index (χ0) is 22.8. The van der Waals surface area contributed by atoms with Crippen LogP contribution in [0.4, 0.5) is 5.13 Å². The number of thioether (sulfide) groups is 1. The second kappa shape index (κ2) is 8.88. The Morgan fingerprint density at radius 2 is 2.28 bits per heavy atom. The SMILES string of the molecule is CON=C(C(=O)NC1C(=O)N2C(C(=O)O)=C(C=Cc3ccco3)CS[C@@H]12)c1csc(N)n1. The number of hydrogen-bond donors (Lipinski definition) is 3. The topological polar surface area (TPSA) is 160 Å². The fourth-order valence-corrected chi connectivity index (χ4v) is 5.11. The first-order valence-corrected chi connectivity index (χ1v) is 11.1. The molecule has 0 spiro atoms. The van der Waals surface area contributed by atoms with Crippen LogP contribution in [0.2, 0.25) is 0 Å². The number of nitrogens with one attached hydrogen (secondary N) is 1. The number of thiazole rings is 1. The highest BCUT2D eigenvalue weighted by molar-refractivity contribution is 8.00. The van der Waals surface area contributed by atoms with Gasteiger partial charge in [-0.15, -0.1) is 23.1 Å². The highest BCUT2D eigenvalue weighted by atomic mass is 32.2. The van der Waals surface area contributed by atoms with Crippen LogP contribution < -0.4 is 11.1 Å². The van der Waals surface area contributed by atoms with E-state index in [1.807, 2.05) is 0 Å². The van der Waals surface area contributed by atoms with Gasteiger partial charge in [0.05, 0.1) is 6.26 Å². The normalized spacial score (nSPS) is 20.8. The summed E-state index contributed by atoms with van der Waals surface area (Å²) in [6.07, 6.45) is 4.75. The maximum Gasteiger partial charge on any atom is 0.352 e. The van der Waals surface area contributed by atoms with Gasteiger partial charge in [0.25, 0.3) is 11.8 Å². The predicted octanol–water partition coefficient (Wildman–Crippen LogP) is 1.12. The number of carbonyl (C=O) groups is 3. The maximum atomic E-state index is 12.8. The van der Waals surface area contributed by atoms with E-state index in [4.69, 9.17) is 15.0 Å². The second-order valence-corrected chi connectivity index (χ2v) is 8.58. The van der Waals surface area contributed by atoms with Crippen molar-refractivity contribution in [3.8, 4) is 0 Å². The standard InChI is InChI=1S/C19H17N5O6S2/c1-29-23-12(11-8-32-19(20)21-11)15(25)22-13-16(26)24-14(18(27)28)9(7-31-17(13)24)4-5-10-3-2-6-30-10/h2-6,8,13,17H,7H2,1H3,(H2,20,21)(H,22,25)(H,27,28)/t13?,17-/m0/s1. The Morgan fingerprint density at radius 3 is 2.91 bits per heavy atom. The lowest BCUT2D eigenvalue weighted by Gasteiger charge is -2.49. The first kappa shape index (κ1) is 21.6. The molecule has 0 saturated carbocycles. The number of carboxylic acids is 1. The van der Waals surface area contributed by atoms with E-state index in [0.717, 1.165) is 11.3 Å². The molecule has 2 aromatic heterocycles. The minimum Gasteiger partial charge on any atom is -0.477 e. The summed E-state index contributed by atoms with van der Waals surface area (Å²) in [5.74, 6) is -1.55. The number of furan rings is 1. The molecule has 1 saturated heterocycles. The molecule has 1 fully saturated rings. The number of allylic oxidation sites excluding steroid dienone is 1. The molecule has 0 bridgehead atoms. The third kappa shape index (κ3) is 3.99. The molecule has 2 aliphatic heterocycles. The van der Waals surface area contributed by atoms with Gasteiger partial charge in [-0.3, -0.25) is 14.5 Å². The zero-order valence-electron chi connectivity index (χ0n) is 16.5. The summed E-state index contributed by atoms with van der Waals surface area (Å²) in [4.78, 5) is 47.4. The molecule has 2 aliphatic rings. The number of fused-ring (bicyclic) bond motifs is 1. The number of β-lactam (4-membered cyclic amide) rings is 1. The van der Waals surface area contributed by atoms with Gasteiger partial charge in [-0.25, -0.2) is 9.78 Å². The molecule has 2 amide bonds. The Balaban J connectivity index is 1.53. The van der Waals surface area contributed by atoms with Crippen molar-refractivity contribution in [1.29, 1.82) is 0 Å².